The summed E-state index contributed by atoms with van der Waals surface area (Å²) in [6, 6.07) is 5.70. The third-order valence-electron chi connectivity index (χ3n) is 5.42. The highest BCUT2D eigenvalue weighted by Crippen LogP contribution is 2.36. The third-order valence-corrected chi connectivity index (χ3v) is 5.73. The van der Waals surface area contributed by atoms with Gasteiger partial charge in [0.2, 0.25) is 5.58 Å². The molecule has 0 atom stereocenters. The first kappa shape index (κ1) is 24.7. The molecule has 0 aliphatic rings. The van der Waals surface area contributed by atoms with Gasteiger partial charge in [-0.1, -0.05) is 25.4 Å². The topological polar surface area (TPSA) is 121 Å². The molecule has 0 aliphatic carbocycles. The van der Waals surface area contributed by atoms with Crippen LogP contribution in [0.2, 0.25) is 5.02 Å². The minimum absolute atomic E-state index is 0.00992. The molecular weight excluding hydrogens is 491 g/mol. The summed E-state index contributed by atoms with van der Waals surface area (Å²) < 4.78 is 28.4. The number of aromatic nitrogens is 5. The van der Waals surface area contributed by atoms with Gasteiger partial charge < -0.3 is 9.15 Å². The number of hydrogen-bond donors (Lipinski definition) is 0. The van der Waals surface area contributed by atoms with Gasteiger partial charge in [0.15, 0.2) is 11.6 Å². The zero-order chi connectivity index (χ0) is 26.1. The van der Waals surface area contributed by atoms with Crippen LogP contribution in [0.3, 0.4) is 0 Å². The Bertz CT molecular complexity index is 1780. The predicted molar refractivity (Wildman–Crippen MR) is 132 cm³/mol. The molecule has 12 heteroatoms. The van der Waals surface area contributed by atoms with E-state index in [4.69, 9.17) is 20.8 Å². The number of pyridine rings is 1. The van der Waals surface area contributed by atoms with Crippen molar-refractivity contribution < 1.29 is 13.5 Å². The number of nitriles is 1. The minimum Gasteiger partial charge on any atom is -0.494 e. The summed E-state index contributed by atoms with van der Waals surface area (Å²) in [6.07, 6.45) is 4.47. The van der Waals surface area contributed by atoms with Crippen LogP contribution in [0.15, 0.2) is 50.8 Å². The van der Waals surface area contributed by atoms with Gasteiger partial charge >= 0.3 is 11.2 Å². The Labute approximate surface area is 208 Å². The highest BCUT2D eigenvalue weighted by molar-refractivity contribution is 6.33. The molecule has 4 heterocycles. The van der Waals surface area contributed by atoms with E-state index in [0.717, 1.165) is 15.2 Å². The summed E-state index contributed by atoms with van der Waals surface area (Å²) in [4.78, 5) is 31.0. The number of benzene rings is 1. The van der Waals surface area contributed by atoms with Crippen molar-refractivity contribution in [3.05, 3.63) is 68.5 Å². The largest absolute Gasteiger partial charge is 0.494 e. The second kappa shape index (κ2) is 9.67. The molecule has 0 N–H and O–H groups in total. The summed E-state index contributed by atoms with van der Waals surface area (Å²) in [7, 11) is 2.96. The maximum absolute atomic E-state index is 14.0. The smallest absolute Gasteiger partial charge is 0.337 e. The van der Waals surface area contributed by atoms with E-state index in [1.807, 2.05) is 19.9 Å². The molecule has 0 saturated carbocycles. The van der Waals surface area contributed by atoms with Crippen molar-refractivity contribution >= 4 is 33.6 Å². The molecular formula is C24H20ClFN6O4. The second-order valence-corrected chi connectivity index (χ2v) is 7.73. The molecule has 10 nitrogen and oxygen atoms in total. The Kier molecular flexibility index (Phi) is 6.63. The van der Waals surface area contributed by atoms with Crippen molar-refractivity contribution in [2.75, 3.05) is 7.11 Å². The van der Waals surface area contributed by atoms with Gasteiger partial charge in [-0.15, -0.1) is 0 Å². The highest BCUT2D eigenvalue weighted by Gasteiger charge is 2.23. The Morgan fingerprint density at radius 1 is 1.19 bits per heavy atom. The van der Waals surface area contributed by atoms with Crippen molar-refractivity contribution in [3.63, 3.8) is 0 Å². The minimum atomic E-state index is -0.763. The number of nitrogens with zero attached hydrogens (tertiary/aromatic N) is 6. The Morgan fingerprint density at radius 3 is 2.64 bits per heavy atom. The maximum atomic E-state index is 14.0. The van der Waals surface area contributed by atoms with Crippen molar-refractivity contribution in [1.82, 2.24) is 23.9 Å². The van der Waals surface area contributed by atoms with E-state index in [-0.39, 0.29) is 45.4 Å². The van der Waals surface area contributed by atoms with Gasteiger partial charge in [0.05, 0.1) is 47.3 Å². The van der Waals surface area contributed by atoms with Crippen LogP contribution in [-0.2, 0) is 13.6 Å². The molecule has 1 aromatic carbocycles. The van der Waals surface area contributed by atoms with Gasteiger partial charge in [0.25, 0.3) is 0 Å². The quantitative estimate of drug-likeness (QED) is 0.357. The van der Waals surface area contributed by atoms with Gasteiger partial charge in [-0.2, -0.15) is 10.4 Å². The molecule has 5 rings (SSSR count). The SMILES string of the molecule is CC.COc1cc(-c2cc3c(o2)c(=O)n(-c2cncc4cnn(C)c24)c(=O)n3CC#N)c(Cl)cc1F. The number of ether oxygens (including phenoxy) is 1. The van der Waals surface area contributed by atoms with Crippen LogP contribution in [0.1, 0.15) is 13.8 Å². The van der Waals surface area contributed by atoms with Crippen LogP contribution in [0, 0.1) is 17.1 Å². The monoisotopic (exact) mass is 510 g/mol. The van der Waals surface area contributed by atoms with Gasteiger partial charge in [-0.3, -0.25) is 19.0 Å². The lowest BCUT2D eigenvalue weighted by atomic mass is 10.1. The molecule has 0 aliphatic heterocycles. The molecule has 184 valence electrons. The van der Waals surface area contributed by atoms with Crippen molar-refractivity contribution in [2.24, 2.45) is 7.05 Å². The standard InChI is InChI=1S/C22H14ClFN6O4.C2H6/c1-28-19-11(9-27-28)8-26-10-16(19)30-21(31)20-15(29(4-3-25)22(30)32)7-17(34-20)12-5-18(33-2)14(24)6-13(12)23;1-2/h5-10H,4H2,1-2H3;1-2H3. The first-order valence-electron chi connectivity index (χ1n) is 10.8. The fourth-order valence-corrected chi connectivity index (χ4v) is 4.11. The van der Waals surface area contributed by atoms with E-state index in [9.17, 15) is 19.2 Å². The Morgan fingerprint density at radius 2 is 1.94 bits per heavy atom. The third kappa shape index (κ3) is 3.81. The van der Waals surface area contributed by atoms with Crippen molar-refractivity contribution in [1.29, 1.82) is 5.26 Å². The molecule has 36 heavy (non-hydrogen) atoms. The maximum Gasteiger partial charge on any atom is 0.337 e. The number of halogens is 2. The Balaban J connectivity index is 0.00000148. The normalized spacial score (nSPS) is 10.8. The number of aryl methyl sites for hydroxylation is 1. The van der Waals surface area contributed by atoms with E-state index in [1.165, 1.54) is 30.1 Å². The summed E-state index contributed by atoms with van der Waals surface area (Å²) in [5.74, 6) is -0.662. The first-order chi connectivity index (χ1) is 17.3. The van der Waals surface area contributed by atoms with Crippen LogP contribution in [-0.4, -0.2) is 31.0 Å². The van der Waals surface area contributed by atoms with E-state index in [1.54, 1.807) is 19.4 Å². The lowest BCUT2D eigenvalue weighted by molar-refractivity contribution is 0.386. The second-order valence-electron chi connectivity index (χ2n) is 7.32. The van der Waals surface area contributed by atoms with E-state index in [2.05, 4.69) is 10.1 Å². The highest BCUT2D eigenvalue weighted by atomic mass is 35.5. The van der Waals surface area contributed by atoms with Gasteiger partial charge in [-0.25, -0.2) is 13.8 Å². The van der Waals surface area contributed by atoms with Gasteiger partial charge in [0, 0.05) is 30.3 Å². The summed E-state index contributed by atoms with van der Waals surface area (Å²) in [5.41, 5.74) is -0.703. The van der Waals surface area contributed by atoms with Crippen LogP contribution in [0.4, 0.5) is 4.39 Å². The zero-order valence-electron chi connectivity index (χ0n) is 19.7. The molecule has 0 amide bonds. The molecule has 0 bridgehead atoms. The fourth-order valence-electron chi connectivity index (χ4n) is 3.87. The number of methoxy groups -OCH3 is 1. The summed E-state index contributed by atoms with van der Waals surface area (Å²) in [6.45, 7) is 3.64. The average molecular weight is 511 g/mol. The van der Waals surface area contributed by atoms with E-state index in [0.29, 0.717) is 10.9 Å². The molecule has 0 unspecified atom stereocenters. The van der Waals surface area contributed by atoms with Crippen LogP contribution < -0.4 is 16.0 Å². The zero-order valence-corrected chi connectivity index (χ0v) is 20.5. The van der Waals surface area contributed by atoms with Crippen LogP contribution in [0.25, 0.3) is 39.0 Å². The molecule has 4 aromatic heterocycles. The molecule has 0 radical (unpaired) electrons. The number of rotatable bonds is 4. The average Bonchev–Trinajstić information content (AvgIpc) is 3.48. The molecule has 0 saturated heterocycles. The molecule has 0 spiro atoms. The van der Waals surface area contributed by atoms with Crippen LogP contribution >= 0.6 is 11.6 Å². The molecule has 5 aromatic rings. The lowest BCUT2D eigenvalue weighted by Gasteiger charge is -2.10. The van der Waals surface area contributed by atoms with Gasteiger partial charge in [0.1, 0.15) is 12.3 Å². The number of fused-ring (bicyclic) bond motifs is 2. The Hall–Kier alpha value is -4.43. The number of furan rings is 1. The molecule has 0 fully saturated rings. The fraction of sp³-hybridized carbons (Fsp3) is 0.208. The van der Waals surface area contributed by atoms with E-state index >= 15 is 0 Å². The van der Waals surface area contributed by atoms with Crippen molar-refractivity contribution in [2.45, 2.75) is 20.4 Å². The lowest BCUT2D eigenvalue weighted by Crippen LogP contribution is -2.38. The first-order valence-corrected chi connectivity index (χ1v) is 11.2. The van der Waals surface area contributed by atoms with Crippen LogP contribution in [0.5, 0.6) is 5.75 Å². The van der Waals surface area contributed by atoms with E-state index < -0.39 is 17.1 Å². The summed E-state index contributed by atoms with van der Waals surface area (Å²) >= 11 is 6.21. The number of hydrogen-bond acceptors (Lipinski definition) is 7. The predicted octanol–water partition coefficient (Wildman–Crippen LogP) is 4.04. The van der Waals surface area contributed by atoms with Crippen molar-refractivity contribution in [3.8, 4) is 28.8 Å². The summed E-state index contributed by atoms with van der Waals surface area (Å²) in [5, 5.41) is 14.1. The van der Waals surface area contributed by atoms with Gasteiger partial charge in [-0.05, 0) is 12.1 Å².